The van der Waals surface area contributed by atoms with Crippen LogP contribution in [-0.2, 0) is 11.0 Å². The number of rotatable bonds is 1. The van der Waals surface area contributed by atoms with Gasteiger partial charge in [-0.3, -0.25) is 4.79 Å². The molecule has 2 atom stereocenters. The number of amides is 1. The first kappa shape index (κ1) is 13.4. The van der Waals surface area contributed by atoms with Crippen LogP contribution in [0.25, 0.3) is 0 Å². The van der Waals surface area contributed by atoms with E-state index in [1.807, 2.05) is 0 Å². The van der Waals surface area contributed by atoms with E-state index in [1.54, 1.807) is 0 Å². The van der Waals surface area contributed by atoms with E-state index in [0.717, 1.165) is 25.5 Å². The van der Waals surface area contributed by atoms with E-state index in [9.17, 15) is 18.0 Å². The van der Waals surface area contributed by atoms with Crippen LogP contribution in [0.5, 0.6) is 0 Å². The Morgan fingerprint density at radius 2 is 2.05 bits per heavy atom. The Kier molecular flexibility index (Phi) is 3.20. The third-order valence-corrected chi connectivity index (χ3v) is 4.04. The van der Waals surface area contributed by atoms with Crippen molar-refractivity contribution < 1.29 is 18.0 Å². The van der Waals surface area contributed by atoms with Crippen LogP contribution in [0.2, 0.25) is 0 Å². The smallest absolute Gasteiger partial charge is 0.326 e. The van der Waals surface area contributed by atoms with E-state index >= 15 is 0 Å². The van der Waals surface area contributed by atoms with Gasteiger partial charge in [0.05, 0.1) is 5.56 Å². The molecule has 3 nitrogen and oxygen atoms in total. The predicted molar refractivity (Wildman–Crippen MR) is 68.5 cm³/mol. The lowest BCUT2D eigenvalue weighted by atomic mass is 9.83. The largest absolute Gasteiger partial charge is 0.416 e. The Bertz CT molecular complexity index is 536. The molecule has 2 unspecified atom stereocenters. The number of halogens is 3. The van der Waals surface area contributed by atoms with Crippen LogP contribution in [0.4, 0.5) is 18.9 Å². The normalized spacial score (nSPS) is 26.2. The second kappa shape index (κ2) is 4.77. The van der Waals surface area contributed by atoms with E-state index in [4.69, 9.17) is 0 Å². The van der Waals surface area contributed by atoms with Crippen LogP contribution < -0.4 is 10.6 Å². The summed E-state index contributed by atoms with van der Waals surface area (Å²) < 4.78 is 38.5. The molecule has 1 aromatic carbocycles. The summed E-state index contributed by atoms with van der Waals surface area (Å²) in [6, 6.07) is 3.64. The van der Waals surface area contributed by atoms with E-state index in [2.05, 4.69) is 10.6 Å². The highest BCUT2D eigenvalue weighted by Gasteiger charge is 2.36. The van der Waals surface area contributed by atoms with Gasteiger partial charge in [-0.05, 0) is 43.1 Å². The average Bonchev–Trinajstić information content (AvgIpc) is 2.89. The average molecular weight is 284 g/mol. The van der Waals surface area contributed by atoms with Gasteiger partial charge < -0.3 is 10.6 Å². The van der Waals surface area contributed by atoms with Gasteiger partial charge in [-0.2, -0.15) is 13.2 Å². The molecule has 2 heterocycles. The minimum Gasteiger partial charge on any atom is -0.326 e. The lowest BCUT2D eigenvalue weighted by Crippen LogP contribution is -2.35. The fourth-order valence-corrected chi connectivity index (χ4v) is 3.08. The van der Waals surface area contributed by atoms with Gasteiger partial charge in [0.2, 0.25) is 5.91 Å². The molecule has 1 amide bonds. The van der Waals surface area contributed by atoms with Crippen molar-refractivity contribution in [3.63, 3.8) is 0 Å². The van der Waals surface area contributed by atoms with Gasteiger partial charge in [-0.15, -0.1) is 0 Å². The SMILES string of the molecule is O=C1CC(C2CCCN2)c2cc(C(F)(F)F)ccc2N1. The molecule has 20 heavy (non-hydrogen) atoms. The molecule has 0 spiro atoms. The Labute approximate surface area is 114 Å². The van der Waals surface area contributed by atoms with Gasteiger partial charge in [0.1, 0.15) is 0 Å². The maximum Gasteiger partial charge on any atom is 0.416 e. The number of nitrogens with one attached hydrogen (secondary N) is 2. The Morgan fingerprint density at radius 1 is 1.25 bits per heavy atom. The lowest BCUT2D eigenvalue weighted by Gasteiger charge is -2.30. The second-order valence-corrected chi connectivity index (χ2v) is 5.36. The van der Waals surface area contributed by atoms with Crippen molar-refractivity contribution in [3.05, 3.63) is 29.3 Å². The Morgan fingerprint density at radius 3 is 2.70 bits per heavy atom. The number of hydrogen-bond acceptors (Lipinski definition) is 2. The van der Waals surface area contributed by atoms with Crippen molar-refractivity contribution in [1.82, 2.24) is 5.32 Å². The fraction of sp³-hybridized carbons (Fsp3) is 0.500. The van der Waals surface area contributed by atoms with Gasteiger partial charge >= 0.3 is 6.18 Å². The standard InChI is InChI=1S/C14H15F3N2O/c15-14(16,17)8-3-4-12-9(6-8)10(7-13(20)19-12)11-2-1-5-18-11/h3-4,6,10-11,18H,1-2,5,7H2,(H,19,20). The number of hydrogen-bond donors (Lipinski definition) is 2. The topological polar surface area (TPSA) is 41.1 Å². The van der Waals surface area contributed by atoms with Crippen LogP contribution in [0.1, 0.15) is 36.3 Å². The van der Waals surface area contributed by atoms with E-state index < -0.39 is 11.7 Å². The number of carbonyl (C=O) groups excluding carboxylic acids is 1. The molecule has 1 fully saturated rings. The molecule has 2 aliphatic rings. The van der Waals surface area contributed by atoms with Crippen molar-refractivity contribution in [3.8, 4) is 0 Å². The van der Waals surface area contributed by atoms with Crippen molar-refractivity contribution >= 4 is 11.6 Å². The second-order valence-electron chi connectivity index (χ2n) is 5.36. The molecule has 1 aromatic rings. The molecule has 1 saturated heterocycles. The molecule has 0 aromatic heterocycles. The quantitative estimate of drug-likeness (QED) is 0.832. The van der Waals surface area contributed by atoms with Crippen LogP contribution in [-0.4, -0.2) is 18.5 Å². The first-order chi connectivity index (χ1) is 9.45. The molecule has 0 bridgehead atoms. The molecule has 3 rings (SSSR count). The number of benzene rings is 1. The molecule has 2 aliphatic heterocycles. The summed E-state index contributed by atoms with van der Waals surface area (Å²) in [5, 5.41) is 5.94. The molecular formula is C14H15F3N2O. The zero-order valence-corrected chi connectivity index (χ0v) is 10.8. The lowest BCUT2D eigenvalue weighted by molar-refractivity contribution is -0.137. The predicted octanol–water partition coefficient (Wildman–Crippen LogP) is 2.88. The first-order valence-corrected chi connectivity index (χ1v) is 6.69. The van der Waals surface area contributed by atoms with Crippen molar-refractivity contribution in [2.75, 3.05) is 11.9 Å². The summed E-state index contributed by atoms with van der Waals surface area (Å²) in [6.45, 7) is 0.858. The van der Waals surface area contributed by atoms with E-state index in [0.29, 0.717) is 11.3 Å². The van der Waals surface area contributed by atoms with Gasteiger partial charge in [0, 0.05) is 24.1 Å². The van der Waals surface area contributed by atoms with Gasteiger partial charge in [0.15, 0.2) is 0 Å². The van der Waals surface area contributed by atoms with Crippen molar-refractivity contribution in [2.24, 2.45) is 0 Å². The summed E-state index contributed by atoms with van der Waals surface area (Å²) in [6.07, 6.45) is -2.22. The van der Waals surface area contributed by atoms with Crippen LogP contribution >= 0.6 is 0 Å². The Hall–Kier alpha value is -1.56. The number of carbonyl (C=O) groups is 1. The zero-order valence-electron chi connectivity index (χ0n) is 10.8. The first-order valence-electron chi connectivity index (χ1n) is 6.69. The van der Waals surface area contributed by atoms with Crippen LogP contribution in [0.3, 0.4) is 0 Å². The highest BCUT2D eigenvalue weighted by Crippen LogP contribution is 2.40. The van der Waals surface area contributed by atoms with Gasteiger partial charge in [-0.25, -0.2) is 0 Å². The zero-order chi connectivity index (χ0) is 14.3. The minimum atomic E-state index is -4.36. The number of fused-ring (bicyclic) bond motifs is 1. The van der Waals surface area contributed by atoms with Crippen LogP contribution in [0, 0.1) is 0 Å². The summed E-state index contributed by atoms with van der Waals surface area (Å²) in [4.78, 5) is 11.7. The third kappa shape index (κ3) is 2.40. The van der Waals surface area contributed by atoms with Crippen molar-refractivity contribution in [1.29, 1.82) is 0 Å². The molecule has 0 radical (unpaired) electrons. The summed E-state index contributed by atoms with van der Waals surface area (Å²) >= 11 is 0. The molecular weight excluding hydrogens is 269 g/mol. The maximum atomic E-state index is 12.8. The van der Waals surface area contributed by atoms with Crippen molar-refractivity contribution in [2.45, 2.75) is 37.4 Å². The minimum absolute atomic E-state index is 0.0864. The molecule has 0 saturated carbocycles. The van der Waals surface area contributed by atoms with Gasteiger partial charge in [0.25, 0.3) is 0 Å². The maximum absolute atomic E-state index is 12.8. The molecule has 0 aliphatic carbocycles. The Balaban J connectivity index is 2.01. The van der Waals surface area contributed by atoms with Gasteiger partial charge in [-0.1, -0.05) is 0 Å². The number of alkyl halides is 3. The summed E-state index contributed by atoms with van der Waals surface area (Å²) in [5.41, 5.74) is 0.446. The molecule has 2 N–H and O–H groups in total. The molecule has 108 valence electrons. The third-order valence-electron chi connectivity index (χ3n) is 4.04. The fourth-order valence-electron chi connectivity index (χ4n) is 3.08. The number of anilines is 1. The molecule has 6 heteroatoms. The van der Waals surface area contributed by atoms with E-state index in [1.165, 1.54) is 12.1 Å². The van der Waals surface area contributed by atoms with E-state index in [-0.39, 0.29) is 24.3 Å². The monoisotopic (exact) mass is 284 g/mol. The highest BCUT2D eigenvalue weighted by atomic mass is 19.4. The highest BCUT2D eigenvalue weighted by molar-refractivity contribution is 5.95. The van der Waals surface area contributed by atoms with Crippen LogP contribution in [0.15, 0.2) is 18.2 Å². The summed E-state index contributed by atoms with van der Waals surface area (Å²) in [7, 11) is 0. The summed E-state index contributed by atoms with van der Waals surface area (Å²) in [5.74, 6) is -0.306.